The summed E-state index contributed by atoms with van der Waals surface area (Å²) in [6.07, 6.45) is 6.86. The molecule has 2 rings (SSSR count). The molecule has 1 unspecified atom stereocenters. The molecule has 1 saturated carbocycles. The Morgan fingerprint density at radius 1 is 1.14 bits per heavy atom. The molecule has 21 heavy (non-hydrogen) atoms. The molecule has 118 valence electrons. The van der Waals surface area contributed by atoms with Crippen LogP contribution in [0, 0.1) is 5.92 Å². The van der Waals surface area contributed by atoms with Crippen LogP contribution in [0.15, 0.2) is 24.3 Å². The van der Waals surface area contributed by atoms with Gasteiger partial charge in [-0.25, -0.2) is 0 Å². The van der Waals surface area contributed by atoms with E-state index >= 15 is 0 Å². The Morgan fingerprint density at radius 3 is 2.38 bits per heavy atom. The SMILES string of the molecule is CCNC(CN(C)CC1CCCC1)c1ccc(CC)cc1. The first-order valence-electron chi connectivity index (χ1n) is 8.73. The van der Waals surface area contributed by atoms with Gasteiger partial charge in [-0.1, -0.05) is 51.0 Å². The molecule has 1 fully saturated rings. The van der Waals surface area contributed by atoms with E-state index in [2.05, 4.69) is 55.4 Å². The summed E-state index contributed by atoms with van der Waals surface area (Å²) in [5.41, 5.74) is 2.85. The number of nitrogens with zero attached hydrogens (tertiary/aromatic N) is 1. The molecule has 0 aliphatic heterocycles. The van der Waals surface area contributed by atoms with E-state index in [0.717, 1.165) is 25.4 Å². The van der Waals surface area contributed by atoms with E-state index in [9.17, 15) is 0 Å². The third-order valence-corrected chi connectivity index (χ3v) is 4.78. The smallest absolute Gasteiger partial charge is 0.0449 e. The molecule has 0 saturated heterocycles. The van der Waals surface area contributed by atoms with Gasteiger partial charge in [-0.05, 0) is 49.9 Å². The molecular weight excluding hydrogens is 256 g/mol. The molecule has 0 heterocycles. The Kier molecular flexibility index (Phi) is 6.72. The zero-order chi connectivity index (χ0) is 15.1. The fourth-order valence-electron chi connectivity index (χ4n) is 3.54. The lowest BCUT2D eigenvalue weighted by atomic mass is 10.0. The van der Waals surface area contributed by atoms with Gasteiger partial charge in [-0.2, -0.15) is 0 Å². The third-order valence-electron chi connectivity index (χ3n) is 4.78. The lowest BCUT2D eigenvalue weighted by molar-refractivity contribution is 0.250. The molecule has 2 nitrogen and oxygen atoms in total. The summed E-state index contributed by atoms with van der Waals surface area (Å²) in [6, 6.07) is 9.60. The molecule has 0 aromatic heterocycles. The van der Waals surface area contributed by atoms with Crippen LogP contribution in [-0.4, -0.2) is 31.6 Å². The summed E-state index contributed by atoms with van der Waals surface area (Å²) in [5.74, 6) is 0.930. The lowest BCUT2D eigenvalue weighted by Gasteiger charge is -2.27. The highest BCUT2D eigenvalue weighted by molar-refractivity contribution is 5.25. The fraction of sp³-hybridized carbons (Fsp3) is 0.684. The minimum Gasteiger partial charge on any atom is -0.309 e. The van der Waals surface area contributed by atoms with Gasteiger partial charge in [0, 0.05) is 19.1 Å². The molecule has 0 radical (unpaired) electrons. The quantitative estimate of drug-likeness (QED) is 0.777. The predicted molar refractivity (Wildman–Crippen MR) is 91.7 cm³/mol. The summed E-state index contributed by atoms with van der Waals surface area (Å²) >= 11 is 0. The summed E-state index contributed by atoms with van der Waals surface area (Å²) in [7, 11) is 2.28. The first kappa shape index (κ1) is 16.5. The maximum absolute atomic E-state index is 3.65. The second kappa shape index (κ2) is 8.55. The second-order valence-corrected chi connectivity index (χ2v) is 6.58. The average Bonchev–Trinajstić information content (AvgIpc) is 3.00. The Hall–Kier alpha value is -0.860. The first-order chi connectivity index (χ1) is 10.2. The Labute approximate surface area is 130 Å². The van der Waals surface area contributed by atoms with E-state index in [1.807, 2.05) is 0 Å². The minimum atomic E-state index is 0.451. The van der Waals surface area contributed by atoms with Crippen LogP contribution >= 0.6 is 0 Å². The fourth-order valence-corrected chi connectivity index (χ4v) is 3.54. The summed E-state index contributed by atoms with van der Waals surface area (Å²) in [5, 5.41) is 3.65. The first-order valence-corrected chi connectivity index (χ1v) is 8.73. The van der Waals surface area contributed by atoms with Gasteiger partial charge < -0.3 is 10.2 Å². The molecule has 1 atom stereocenters. The average molecular weight is 288 g/mol. The molecule has 0 amide bonds. The Bertz CT molecular complexity index is 393. The van der Waals surface area contributed by atoms with Crippen molar-refractivity contribution in [3.63, 3.8) is 0 Å². The van der Waals surface area contributed by atoms with Crippen molar-refractivity contribution in [2.24, 2.45) is 5.92 Å². The van der Waals surface area contributed by atoms with Gasteiger partial charge in [0.25, 0.3) is 0 Å². The monoisotopic (exact) mass is 288 g/mol. The number of hydrogen-bond acceptors (Lipinski definition) is 2. The number of hydrogen-bond donors (Lipinski definition) is 1. The highest BCUT2D eigenvalue weighted by Crippen LogP contribution is 2.25. The minimum absolute atomic E-state index is 0.451. The van der Waals surface area contributed by atoms with Gasteiger partial charge in [-0.15, -0.1) is 0 Å². The molecule has 1 aliphatic carbocycles. The summed E-state index contributed by atoms with van der Waals surface area (Å²) in [4.78, 5) is 2.52. The van der Waals surface area contributed by atoms with Crippen LogP contribution in [0.4, 0.5) is 0 Å². The van der Waals surface area contributed by atoms with Crippen molar-refractivity contribution in [3.05, 3.63) is 35.4 Å². The highest BCUT2D eigenvalue weighted by atomic mass is 15.1. The van der Waals surface area contributed by atoms with Crippen molar-refractivity contribution in [1.82, 2.24) is 10.2 Å². The maximum atomic E-state index is 3.65. The van der Waals surface area contributed by atoms with Crippen molar-refractivity contribution in [3.8, 4) is 0 Å². The van der Waals surface area contributed by atoms with Crippen molar-refractivity contribution in [2.45, 2.75) is 52.0 Å². The van der Waals surface area contributed by atoms with Crippen LogP contribution in [0.1, 0.15) is 56.7 Å². The van der Waals surface area contributed by atoms with E-state index in [-0.39, 0.29) is 0 Å². The van der Waals surface area contributed by atoms with Gasteiger partial charge in [0.05, 0.1) is 0 Å². The van der Waals surface area contributed by atoms with Crippen molar-refractivity contribution >= 4 is 0 Å². The van der Waals surface area contributed by atoms with E-state index in [1.54, 1.807) is 0 Å². The number of likely N-dealkylation sites (N-methyl/N-ethyl adjacent to an activating group) is 2. The molecule has 0 bridgehead atoms. The van der Waals surface area contributed by atoms with Crippen LogP contribution < -0.4 is 5.32 Å². The Morgan fingerprint density at radius 2 is 1.81 bits per heavy atom. The Balaban J connectivity index is 1.93. The van der Waals surface area contributed by atoms with Crippen LogP contribution in [0.3, 0.4) is 0 Å². The number of benzene rings is 1. The second-order valence-electron chi connectivity index (χ2n) is 6.58. The molecule has 2 heteroatoms. The maximum Gasteiger partial charge on any atom is 0.0449 e. The normalized spacial score (nSPS) is 17.5. The summed E-state index contributed by atoms with van der Waals surface area (Å²) in [6.45, 7) is 7.80. The number of aryl methyl sites for hydroxylation is 1. The highest BCUT2D eigenvalue weighted by Gasteiger charge is 2.19. The predicted octanol–water partition coefficient (Wildman–Crippen LogP) is 4.02. The van der Waals surface area contributed by atoms with E-state index < -0.39 is 0 Å². The standard InChI is InChI=1S/C19H32N2/c1-4-16-10-12-18(13-11-16)19(20-5-2)15-21(3)14-17-8-6-7-9-17/h10-13,17,19-20H,4-9,14-15H2,1-3H3. The van der Waals surface area contributed by atoms with Gasteiger partial charge in [-0.3, -0.25) is 0 Å². The van der Waals surface area contributed by atoms with Crippen molar-refractivity contribution in [1.29, 1.82) is 0 Å². The van der Waals surface area contributed by atoms with E-state index in [4.69, 9.17) is 0 Å². The van der Waals surface area contributed by atoms with Crippen LogP contribution in [0.5, 0.6) is 0 Å². The van der Waals surface area contributed by atoms with Crippen molar-refractivity contribution in [2.75, 3.05) is 26.7 Å². The molecule has 0 spiro atoms. The van der Waals surface area contributed by atoms with Gasteiger partial charge in [0.2, 0.25) is 0 Å². The molecular formula is C19H32N2. The van der Waals surface area contributed by atoms with Crippen molar-refractivity contribution < 1.29 is 0 Å². The molecule has 1 aliphatic rings. The van der Waals surface area contributed by atoms with Crippen LogP contribution in [-0.2, 0) is 6.42 Å². The van der Waals surface area contributed by atoms with E-state index in [0.29, 0.717) is 6.04 Å². The summed E-state index contributed by atoms with van der Waals surface area (Å²) < 4.78 is 0. The van der Waals surface area contributed by atoms with E-state index in [1.165, 1.54) is 43.4 Å². The topological polar surface area (TPSA) is 15.3 Å². The van der Waals surface area contributed by atoms with Gasteiger partial charge in [0.15, 0.2) is 0 Å². The van der Waals surface area contributed by atoms with Gasteiger partial charge in [0.1, 0.15) is 0 Å². The van der Waals surface area contributed by atoms with Crippen LogP contribution in [0.25, 0.3) is 0 Å². The molecule has 1 aromatic carbocycles. The lowest BCUT2D eigenvalue weighted by Crippen LogP contribution is -2.35. The zero-order valence-corrected chi connectivity index (χ0v) is 14.1. The molecule has 1 aromatic rings. The largest absolute Gasteiger partial charge is 0.309 e. The number of rotatable bonds is 8. The van der Waals surface area contributed by atoms with Crippen LogP contribution in [0.2, 0.25) is 0 Å². The molecule has 1 N–H and O–H groups in total. The van der Waals surface area contributed by atoms with Gasteiger partial charge >= 0.3 is 0 Å². The number of nitrogens with one attached hydrogen (secondary N) is 1. The third kappa shape index (κ3) is 5.12. The zero-order valence-electron chi connectivity index (χ0n) is 14.1.